The Morgan fingerprint density at radius 1 is 1.24 bits per heavy atom. The van der Waals surface area contributed by atoms with Crippen LogP contribution < -0.4 is 20.1 Å². The van der Waals surface area contributed by atoms with Gasteiger partial charge in [0.15, 0.2) is 11.5 Å². The van der Waals surface area contributed by atoms with Crippen molar-refractivity contribution >= 4 is 6.03 Å². The van der Waals surface area contributed by atoms with Gasteiger partial charge in [0.2, 0.25) is 0 Å². The van der Waals surface area contributed by atoms with Crippen LogP contribution in [-0.4, -0.2) is 39.0 Å². The summed E-state index contributed by atoms with van der Waals surface area (Å²) in [6.45, 7) is 5.41. The molecule has 0 aromatic heterocycles. The molecule has 6 heteroatoms. The van der Waals surface area contributed by atoms with Crippen LogP contribution in [0.15, 0.2) is 18.2 Å². The zero-order valence-electron chi connectivity index (χ0n) is 12.6. The van der Waals surface area contributed by atoms with Gasteiger partial charge in [-0.25, -0.2) is 4.79 Å². The first-order chi connectivity index (χ1) is 10.1. The maximum absolute atomic E-state index is 11.9. The molecule has 21 heavy (non-hydrogen) atoms. The number of urea groups is 1. The molecule has 0 saturated heterocycles. The van der Waals surface area contributed by atoms with Crippen molar-refractivity contribution in [2.24, 2.45) is 0 Å². The highest BCUT2D eigenvalue weighted by molar-refractivity contribution is 5.74. The summed E-state index contributed by atoms with van der Waals surface area (Å²) in [4.78, 5) is 11.9. The Morgan fingerprint density at radius 2 is 1.95 bits per heavy atom. The quantitative estimate of drug-likeness (QED) is 0.869. The largest absolute Gasteiger partial charge is 0.486 e. The summed E-state index contributed by atoms with van der Waals surface area (Å²) in [6.07, 6.45) is 0. The van der Waals surface area contributed by atoms with Gasteiger partial charge in [-0.3, -0.25) is 0 Å². The molecule has 0 fully saturated rings. The van der Waals surface area contributed by atoms with Crippen molar-refractivity contribution in [1.29, 1.82) is 0 Å². The molecule has 0 bridgehead atoms. The number of methoxy groups -OCH3 is 1. The van der Waals surface area contributed by atoms with Gasteiger partial charge in [0, 0.05) is 7.11 Å². The van der Waals surface area contributed by atoms with Gasteiger partial charge in [-0.1, -0.05) is 6.07 Å². The van der Waals surface area contributed by atoms with Crippen LogP contribution in [-0.2, 0) is 4.74 Å². The van der Waals surface area contributed by atoms with Gasteiger partial charge >= 0.3 is 6.03 Å². The Labute approximate surface area is 124 Å². The molecule has 0 spiro atoms. The molecule has 1 aliphatic rings. The third-order valence-corrected chi connectivity index (χ3v) is 3.21. The predicted octanol–water partition coefficient (Wildman–Crippen LogP) is 1.85. The number of hydrogen-bond donors (Lipinski definition) is 2. The molecule has 0 aliphatic carbocycles. The third-order valence-electron chi connectivity index (χ3n) is 3.21. The highest BCUT2D eigenvalue weighted by Gasteiger charge is 2.16. The van der Waals surface area contributed by atoms with Crippen molar-refractivity contribution in [3.8, 4) is 11.5 Å². The van der Waals surface area contributed by atoms with E-state index in [0.29, 0.717) is 19.8 Å². The minimum atomic E-state index is -0.220. The summed E-state index contributed by atoms with van der Waals surface area (Å²) in [6, 6.07) is 5.31. The number of benzene rings is 1. The number of ether oxygens (including phenoxy) is 3. The van der Waals surface area contributed by atoms with Crippen molar-refractivity contribution < 1.29 is 19.0 Å². The fraction of sp³-hybridized carbons (Fsp3) is 0.533. The third kappa shape index (κ3) is 4.26. The van der Waals surface area contributed by atoms with E-state index >= 15 is 0 Å². The summed E-state index contributed by atoms with van der Waals surface area (Å²) in [5, 5.41) is 5.70. The number of fused-ring (bicyclic) bond motifs is 1. The molecular weight excluding hydrogens is 272 g/mol. The van der Waals surface area contributed by atoms with Gasteiger partial charge in [0.05, 0.1) is 18.7 Å². The minimum absolute atomic E-state index is 0.0394. The standard InChI is InChI=1S/C15H22N2O4/c1-10(9-19-3)16-15(18)17-11(2)12-4-5-13-14(8-12)21-7-6-20-13/h4-5,8,10-11H,6-7,9H2,1-3H3,(H2,16,17,18). The van der Waals surface area contributed by atoms with E-state index in [4.69, 9.17) is 14.2 Å². The van der Waals surface area contributed by atoms with Crippen LogP contribution in [0.5, 0.6) is 11.5 Å². The Bertz CT molecular complexity index is 493. The summed E-state index contributed by atoms with van der Waals surface area (Å²) in [5.74, 6) is 1.47. The van der Waals surface area contributed by atoms with E-state index < -0.39 is 0 Å². The minimum Gasteiger partial charge on any atom is -0.486 e. The number of rotatable bonds is 5. The summed E-state index contributed by atoms with van der Waals surface area (Å²) < 4.78 is 16.0. The first-order valence-electron chi connectivity index (χ1n) is 7.05. The van der Waals surface area contributed by atoms with Crippen LogP contribution in [0.3, 0.4) is 0 Å². The van der Waals surface area contributed by atoms with Crippen LogP contribution in [0, 0.1) is 0 Å². The zero-order chi connectivity index (χ0) is 15.2. The predicted molar refractivity (Wildman–Crippen MR) is 78.9 cm³/mol. The van der Waals surface area contributed by atoms with E-state index in [2.05, 4.69) is 10.6 Å². The summed E-state index contributed by atoms with van der Waals surface area (Å²) in [5.41, 5.74) is 0.966. The molecule has 1 aromatic carbocycles. The molecule has 116 valence electrons. The Morgan fingerprint density at radius 3 is 2.67 bits per heavy atom. The fourth-order valence-electron chi connectivity index (χ4n) is 2.17. The second-order valence-corrected chi connectivity index (χ2v) is 5.10. The van der Waals surface area contributed by atoms with E-state index in [9.17, 15) is 4.79 Å². The molecule has 2 amide bonds. The zero-order valence-corrected chi connectivity index (χ0v) is 12.6. The van der Waals surface area contributed by atoms with Gasteiger partial charge in [0.1, 0.15) is 13.2 Å². The van der Waals surface area contributed by atoms with Crippen LogP contribution in [0.2, 0.25) is 0 Å². The molecule has 1 aliphatic heterocycles. The fourth-order valence-corrected chi connectivity index (χ4v) is 2.17. The SMILES string of the molecule is COCC(C)NC(=O)NC(C)c1ccc2c(c1)OCCO2. The van der Waals surface area contributed by atoms with Gasteiger partial charge in [-0.15, -0.1) is 0 Å². The highest BCUT2D eigenvalue weighted by atomic mass is 16.6. The monoisotopic (exact) mass is 294 g/mol. The van der Waals surface area contributed by atoms with Crippen molar-refractivity contribution in [2.45, 2.75) is 25.9 Å². The van der Waals surface area contributed by atoms with Crippen molar-refractivity contribution in [2.75, 3.05) is 26.9 Å². The lowest BCUT2D eigenvalue weighted by Crippen LogP contribution is -2.43. The summed E-state index contributed by atoms with van der Waals surface area (Å²) in [7, 11) is 1.61. The molecule has 2 rings (SSSR count). The number of amides is 2. The number of carbonyl (C=O) groups excluding carboxylic acids is 1. The molecule has 2 atom stereocenters. The second kappa shape index (κ2) is 7.17. The summed E-state index contributed by atoms with van der Waals surface area (Å²) >= 11 is 0. The number of carbonyl (C=O) groups is 1. The average Bonchev–Trinajstić information content (AvgIpc) is 2.46. The van der Waals surface area contributed by atoms with E-state index in [1.165, 1.54) is 0 Å². The molecule has 1 heterocycles. The lowest BCUT2D eigenvalue weighted by Gasteiger charge is -2.21. The molecule has 1 aromatic rings. The van der Waals surface area contributed by atoms with Crippen LogP contribution in [0.1, 0.15) is 25.5 Å². The van der Waals surface area contributed by atoms with Crippen molar-refractivity contribution in [1.82, 2.24) is 10.6 Å². The topological polar surface area (TPSA) is 68.8 Å². The highest BCUT2D eigenvalue weighted by Crippen LogP contribution is 2.32. The van der Waals surface area contributed by atoms with Crippen molar-refractivity contribution in [3.05, 3.63) is 23.8 Å². The number of nitrogens with one attached hydrogen (secondary N) is 2. The Kier molecular flexibility index (Phi) is 5.27. The molecule has 0 radical (unpaired) electrons. The molecule has 0 saturated carbocycles. The molecule has 6 nitrogen and oxygen atoms in total. The lowest BCUT2D eigenvalue weighted by atomic mass is 10.1. The smallest absolute Gasteiger partial charge is 0.315 e. The normalized spacial score (nSPS) is 16.0. The maximum Gasteiger partial charge on any atom is 0.315 e. The van der Waals surface area contributed by atoms with Gasteiger partial charge < -0.3 is 24.8 Å². The number of hydrogen-bond acceptors (Lipinski definition) is 4. The van der Waals surface area contributed by atoms with Crippen LogP contribution >= 0.6 is 0 Å². The van der Waals surface area contributed by atoms with E-state index in [-0.39, 0.29) is 18.1 Å². The van der Waals surface area contributed by atoms with Gasteiger partial charge in [0.25, 0.3) is 0 Å². The lowest BCUT2D eigenvalue weighted by molar-refractivity contribution is 0.170. The molecule has 2 N–H and O–H groups in total. The van der Waals surface area contributed by atoms with Gasteiger partial charge in [-0.05, 0) is 31.5 Å². The molecular formula is C15H22N2O4. The second-order valence-electron chi connectivity index (χ2n) is 5.10. The van der Waals surface area contributed by atoms with E-state index in [1.807, 2.05) is 32.0 Å². The maximum atomic E-state index is 11.9. The average molecular weight is 294 g/mol. The van der Waals surface area contributed by atoms with E-state index in [1.54, 1.807) is 7.11 Å². The molecule has 2 unspecified atom stereocenters. The van der Waals surface area contributed by atoms with E-state index in [0.717, 1.165) is 17.1 Å². The van der Waals surface area contributed by atoms with Crippen molar-refractivity contribution in [3.63, 3.8) is 0 Å². The van der Waals surface area contributed by atoms with Crippen LogP contribution in [0.25, 0.3) is 0 Å². The van der Waals surface area contributed by atoms with Gasteiger partial charge in [-0.2, -0.15) is 0 Å². The Balaban J connectivity index is 1.93. The first kappa shape index (κ1) is 15.4. The Hall–Kier alpha value is -1.95. The first-order valence-corrected chi connectivity index (χ1v) is 7.05. The van der Waals surface area contributed by atoms with Crippen LogP contribution in [0.4, 0.5) is 4.79 Å².